The minimum Gasteiger partial charge on any atom is -0.381 e. The van der Waals surface area contributed by atoms with Crippen LogP contribution >= 0.6 is 0 Å². The molecule has 0 unspecified atom stereocenters. The molecule has 3 heteroatoms. The van der Waals surface area contributed by atoms with E-state index >= 15 is 0 Å². The van der Waals surface area contributed by atoms with Gasteiger partial charge in [-0.25, -0.2) is 0 Å². The van der Waals surface area contributed by atoms with Crippen molar-refractivity contribution in [3.8, 4) is 0 Å². The molecule has 0 bridgehead atoms. The first-order chi connectivity index (χ1) is 9.94. The van der Waals surface area contributed by atoms with Gasteiger partial charge in [0.2, 0.25) is 0 Å². The molecule has 1 heterocycles. The van der Waals surface area contributed by atoms with E-state index in [0.717, 1.165) is 0 Å². The summed E-state index contributed by atoms with van der Waals surface area (Å²) in [6.45, 7) is 16.7. The minimum atomic E-state index is 0.456. The minimum absolute atomic E-state index is 0.456. The Balaban J connectivity index is 2.09. The number of methoxy groups -OCH3 is 1. The van der Waals surface area contributed by atoms with Crippen molar-refractivity contribution in [2.24, 2.45) is 5.41 Å². The van der Waals surface area contributed by atoms with Gasteiger partial charge in [-0.3, -0.25) is 0 Å². The highest BCUT2D eigenvalue weighted by molar-refractivity contribution is 4.72. The van der Waals surface area contributed by atoms with E-state index in [-0.39, 0.29) is 0 Å². The van der Waals surface area contributed by atoms with Gasteiger partial charge in [0, 0.05) is 33.3 Å². The highest BCUT2D eigenvalue weighted by atomic mass is 16.5. The molecule has 0 amide bonds. The third kappa shape index (κ3) is 8.80. The average molecular weight is 299 g/mol. The molecule has 0 spiro atoms. The number of hydrogen-bond acceptors (Lipinski definition) is 3. The fourth-order valence-electron chi connectivity index (χ4n) is 3.11. The quantitative estimate of drug-likeness (QED) is 0.646. The highest BCUT2D eigenvalue weighted by Crippen LogP contribution is 2.23. The third-order valence-electron chi connectivity index (χ3n) is 4.70. The van der Waals surface area contributed by atoms with Crippen molar-refractivity contribution in [2.45, 2.75) is 65.9 Å². The second-order valence-corrected chi connectivity index (χ2v) is 7.73. The molecule has 3 nitrogen and oxygen atoms in total. The van der Waals surface area contributed by atoms with E-state index in [0.29, 0.717) is 11.5 Å². The van der Waals surface area contributed by atoms with E-state index in [1.165, 1.54) is 71.4 Å². The summed E-state index contributed by atoms with van der Waals surface area (Å²) >= 11 is 0. The van der Waals surface area contributed by atoms with E-state index in [4.69, 9.17) is 4.74 Å². The lowest BCUT2D eigenvalue weighted by Crippen LogP contribution is -2.46. The summed E-state index contributed by atoms with van der Waals surface area (Å²) in [6, 6.07) is 0. The number of piperazine rings is 1. The van der Waals surface area contributed by atoms with Gasteiger partial charge >= 0.3 is 0 Å². The molecule has 0 aliphatic carbocycles. The van der Waals surface area contributed by atoms with Crippen LogP contribution in [-0.2, 0) is 4.74 Å². The van der Waals surface area contributed by atoms with Gasteiger partial charge in [0.15, 0.2) is 0 Å². The van der Waals surface area contributed by atoms with Gasteiger partial charge in [0.25, 0.3) is 0 Å². The Kier molecular flexibility index (Phi) is 8.84. The molecule has 1 rings (SSSR count). The zero-order chi connectivity index (χ0) is 15.7. The summed E-state index contributed by atoms with van der Waals surface area (Å²) in [5, 5.41) is 0. The number of rotatable bonds is 9. The summed E-state index contributed by atoms with van der Waals surface area (Å²) in [7, 11) is 1.88. The van der Waals surface area contributed by atoms with Crippen LogP contribution in [0.4, 0.5) is 0 Å². The van der Waals surface area contributed by atoms with Crippen LogP contribution in [0.15, 0.2) is 0 Å². The third-order valence-corrected chi connectivity index (χ3v) is 4.70. The maximum Gasteiger partial charge on any atom is 0.0571 e. The van der Waals surface area contributed by atoms with Crippen LogP contribution in [0.3, 0.4) is 0 Å². The average Bonchev–Trinajstić information content (AvgIpc) is 2.45. The molecule has 0 aromatic carbocycles. The molecule has 1 aliphatic heterocycles. The van der Waals surface area contributed by atoms with Crippen LogP contribution in [0.25, 0.3) is 0 Å². The second kappa shape index (κ2) is 9.81. The van der Waals surface area contributed by atoms with Gasteiger partial charge < -0.3 is 14.5 Å². The maximum atomic E-state index is 5.66. The zero-order valence-electron chi connectivity index (χ0n) is 15.2. The number of ether oxygens (including phenoxy) is 1. The van der Waals surface area contributed by atoms with Gasteiger partial charge in [-0.2, -0.15) is 0 Å². The van der Waals surface area contributed by atoms with Crippen LogP contribution in [-0.4, -0.2) is 62.3 Å². The van der Waals surface area contributed by atoms with E-state index in [2.05, 4.69) is 37.5 Å². The summed E-state index contributed by atoms with van der Waals surface area (Å²) in [5.41, 5.74) is 0.456. The van der Waals surface area contributed by atoms with Crippen molar-refractivity contribution in [1.82, 2.24) is 9.80 Å². The largest absolute Gasteiger partial charge is 0.381 e. The van der Waals surface area contributed by atoms with Gasteiger partial charge in [-0.15, -0.1) is 0 Å². The van der Waals surface area contributed by atoms with Crippen LogP contribution in [0.5, 0.6) is 0 Å². The molecule has 0 radical (unpaired) electrons. The first-order valence-electron chi connectivity index (χ1n) is 8.92. The monoisotopic (exact) mass is 298 g/mol. The van der Waals surface area contributed by atoms with E-state index in [1.54, 1.807) is 0 Å². The molecular weight excluding hydrogens is 260 g/mol. The van der Waals surface area contributed by atoms with Crippen molar-refractivity contribution in [3.63, 3.8) is 0 Å². The molecule has 1 atom stereocenters. The van der Waals surface area contributed by atoms with Crippen molar-refractivity contribution >= 4 is 0 Å². The predicted molar refractivity (Wildman–Crippen MR) is 91.9 cm³/mol. The van der Waals surface area contributed by atoms with Crippen molar-refractivity contribution in [1.29, 1.82) is 0 Å². The fourth-order valence-corrected chi connectivity index (χ4v) is 3.11. The predicted octanol–water partition coefficient (Wildman–Crippen LogP) is 3.64. The molecular formula is C18H38N2O. The first kappa shape index (κ1) is 18.9. The number of hydrogen-bond donors (Lipinski definition) is 0. The van der Waals surface area contributed by atoms with Crippen molar-refractivity contribution in [3.05, 3.63) is 0 Å². The summed E-state index contributed by atoms with van der Waals surface area (Å²) in [5.74, 6) is 0. The number of likely N-dealkylation sites (N-methyl/N-ethyl adjacent to an activating group) is 1. The lowest BCUT2D eigenvalue weighted by atomic mass is 9.89. The Hall–Kier alpha value is -0.120. The zero-order valence-corrected chi connectivity index (χ0v) is 15.2. The number of nitrogens with zero attached hydrogens (tertiary/aromatic N) is 2. The Labute approximate surface area is 133 Å². The molecule has 1 saturated heterocycles. The van der Waals surface area contributed by atoms with Gasteiger partial charge in [0.1, 0.15) is 0 Å². The van der Waals surface area contributed by atoms with Crippen LogP contribution in [0.1, 0.15) is 59.8 Å². The van der Waals surface area contributed by atoms with E-state index in [9.17, 15) is 0 Å². The molecule has 0 aromatic rings. The lowest BCUT2D eigenvalue weighted by Gasteiger charge is -2.34. The van der Waals surface area contributed by atoms with Gasteiger partial charge in [0.05, 0.1) is 6.10 Å². The Morgan fingerprint density at radius 2 is 1.52 bits per heavy atom. The maximum absolute atomic E-state index is 5.66. The van der Waals surface area contributed by atoms with E-state index < -0.39 is 0 Å². The normalized spacial score (nSPS) is 19.9. The van der Waals surface area contributed by atoms with Crippen LogP contribution in [0, 0.1) is 5.41 Å². The molecule has 0 saturated carbocycles. The molecule has 1 fully saturated rings. The van der Waals surface area contributed by atoms with Gasteiger partial charge in [-0.05, 0) is 44.2 Å². The molecule has 21 heavy (non-hydrogen) atoms. The Morgan fingerprint density at radius 3 is 2.05 bits per heavy atom. The molecule has 126 valence electrons. The summed E-state index contributed by atoms with van der Waals surface area (Å²) in [6.07, 6.45) is 6.76. The molecule has 0 aromatic heterocycles. The Bertz CT molecular complexity index is 254. The fraction of sp³-hybridized carbons (Fsp3) is 1.00. The summed E-state index contributed by atoms with van der Waals surface area (Å²) < 4.78 is 5.66. The Morgan fingerprint density at radius 1 is 0.952 bits per heavy atom. The van der Waals surface area contributed by atoms with E-state index in [1.807, 2.05) is 7.11 Å². The van der Waals surface area contributed by atoms with Crippen LogP contribution < -0.4 is 0 Å². The lowest BCUT2D eigenvalue weighted by molar-refractivity contribution is 0.0743. The smallest absolute Gasteiger partial charge is 0.0571 e. The molecule has 1 aliphatic rings. The standard InChI is InChI=1S/C18H38N2O/c1-6-19-13-15-20(16-14-19)12-8-10-17(21-5)9-7-11-18(2,3)4/h17H,6-16H2,1-5H3/t17-/m1/s1. The molecule has 0 N–H and O–H groups in total. The highest BCUT2D eigenvalue weighted by Gasteiger charge is 2.16. The van der Waals surface area contributed by atoms with Crippen molar-refractivity contribution < 1.29 is 4.74 Å². The topological polar surface area (TPSA) is 15.7 Å². The second-order valence-electron chi connectivity index (χ2n) is 7.73. The SMILES string of the molecule is CCN1CCN(CCC[C@@H](CCCC(C)(C)C)OC)CC1. The van der Waals surface area contributed by atoms with Crippen molar-refractivity contribution in [2.75, 3.05) is 46.4 Å². The van der Waals surface area contributed by atoms with Gasteiger partial charge in [-0.1, -0.05) is 34.1 Å². The van der Waals surface area contributed by atoms with Crippen LogP contribution in [0.2, 0.25) is 0 Å². The summed E-state index contributed by atoms with van der Waals surface area (Å²) in [4.78, 5) is 5.16. The first-order valence-corrected chi connectivity index (χ1v) is 8.92.